The summed E-state index contributed by atoms with van der Waals surface area (Å²) in [5, 5.41) is 3.53. The first-order valence-corrected chi connectivity index (χ1v) is 7.62. The summed E-state index contributed by atoms with van der Waals surface area (Å²) in [5.74, 6) is 0. The van der Waals surface area contributed by atoms with Crippen molar-refractivity contribution in [1.29, 1.82) is 0 Å². The Bertz CT molecular complexity index is 743. The van der Waals surface area contributed by atoms with E-state index in [2.05, 4.69) is 60.7 Å². The minimum atomic E-state index is 0.858. The summed E-state index contributed by atoms with van der Waals surface area (Å²) in [5.41, 5.74) is 2.52. The molecule has 0 unspecified atom stereocenters. The molecule has 0 fully saturated rings. The van der Waals surface area contributed by atoms with Crippen LogP contribution in [0, 0.1) is 17.4 Å². The molecule has 17 heavy (non-hydrogen) atoms. The summed E-state index contributed by atoms with van der Waals surface area (Å²) in [6, 6.07) is 8.69. The van der Waals surface area contributed by atoms with Crippen molar-refractivity contribution in [3.63, 3.8) is 0 Å². The van der Waals surface area contributed by atoms with Crippen LogP contribution in [-0.2, 0) is 0 Å². The fraction of sp³-hybridized carbons (Fsp3) is 0.143. The Labute approximate surface area is 123 Å². The standard InChI is InChI=1S/C14H10ClIS/c1-7-5-10-9-3-4-12(16)8(2)14(9)17-13(10)6-11(7)15/h3-6H,1-2H3. The van der Waals surface area contributed by atoms with Crippen LogP contribution in [0.3, 0.4) is 0 Å². The van der Waals surface area contributed by atoms with Crippen LogP contribution in [0.1, 0.15) is 11.1 Å². The molecule has 0 bridgehead atoms. The zero-order valence-electron chi connectivity index (χ0n) is 9.47. The molecule has 0 aliphatic rings. The van der Waals surface area contributed by atoms with E-state index in [1.807, 2.05) is 11.3 Å². The molecule has 2 aromatic carbocycles. The van der Waals surface area contributed by atoms with Crippen LogP contribution >= 0.6 is 45.5 Å². The molecule has 1 aromatic heterocycles. The summed E-state index contributed by atoms with van der Waals surface area (Å²) in [6.45, 7) is 4.25. The molecule has 0 N–H and O–H groups in total. The van der Waals surface area contributed by atoms with Gasteiger partial charge in [-0.05, 0) is 65.8 Å². The highest BCUT2D eigenvalue weighted by Gasteiger charge is 2.10. The van der Waals surface area contributed by atoms with Gasteiger partial charge in [-0.2, -0.15) is 0 Å². The predicted octanol–water partition coefficient (Wildman–Crippen LogP) is 5.93. The molecule has 3 rings (SSSR count). The van der Waals surface area contributed by atoms with E-state index in [9.17, 15) is 0 Å². The molecule has 0 amide bonds. The van der Waals surface area contributed by atoms with E-state index in [-0.39, 0.29) is 0 Å². The molecule has 0 aliphatic carbocycles. The van der Waals surface area contributed by atoms with E-state index in [1.54, 1.807) is 0 Å². The Morgan fingerprint density at radius 1 is 1.12 bits per heavy atom. The van der Waals surface area contributed by atoms with Gasteiger partial charge in [0.05, 0.1) is 0 Å². The third-order valence-electron chi connectivity index (χ3n) is 3.10. The van der Waals surface area contributed by atoms with Gasteiger partial charge in [0, 0.05) is 28.8 Å². The normalized spacial score (nSPS) is 11.5. The number of halogens is 2. The molecule has 1 heterocycles. The molecule has 3 heteroatoms. The summed E-state index contributed by atoms with van der Waals surface area (Å²) in [6.07, 6.45) is 0. The Hall–Kier alpha value is -0.320. The lowest BCUT2D eigenvalue weighted by Crippen LogP contribution is -1.79. The summed E-state index contributed by atoms with van der Waals surface area (Å²) < 4.78 is 3.98. The van der Waals surface area contributed by atoms with Crippen LogP contribution in [0.5, 0.6) is 0 Å². The number of thiophene rings is 1. The summed E-state index contributed by atoms with van der Waals surface area (Å²) in [4.78, 5) is 0. The van der Waals surface area contributed by atoms with E-state index in [1.165, 1.54) is 29.3 Å². The highest BCUT2D eigenvalue weighted by Crippen LogP contribution is 2.39. The molecule has 0 aliphatic heterocycles. The fourth-order valence-corrected chi connectivity index (χ4v) is 4.17. The summed E-state index contributed by atoms with van der Waals surface area (Å²) in [7, 11) is 0. The predicted molar refractivity (Wildman–Crippen MR) is 86.5 cm³/mol. The molecule has 0 saturated carbocycles. The highest BCUT2D eigenvalue weighted by atomic mass is 127. The average Bonchev–Trinajstić information content (AvgIpc) is 2.63. The average molecular weight is 373 g/mol. The lowest BCUT2D eigenvalue weighted by atomic mass is 10.1. The van der Waals surface area contributed by atoms with Crippen molar-refractivity contribution in [2.45, 2.75) is 13.8 Å². The quantitative estimate of drug-likeness (QED) is 0.429. The van der Waals surface area contributed by atoms with Crippen molar-refractivity contribution in [1.82, 2.24) is 0 Å². The first-order valence-electron chi connectivity index (χ1n) is 5.35. The minimum Gasteiger partial charge on any atom is -0.135 e. The van der Waals surface area contributed by atoms with Crippen LogP contribution in [0.4, 0.5) is 0 Å². The number of benzene rings is 2. The lowest BCUT2D eigenvalue weighted by Gasteiger charge is -2.00. The third kappa shape index (κ3) is 1.77. The number of fused-ring (bicyclic) bond motifs is 3. The SMILES string of the molecule is Cc1cc2c(cc1Cl)sc1c(C)c(I)ccc12. The van der Waals surface area contributed by atoms with Gasteiger partial charge >= 0.3 is 0 Å². The van der Waals surface area contributed by atoms with E-state index in [0.29, 0.717) is 0 Å². The zero-order valence-corrected chi connectivity index (χ0v) is 13.2. The number of rotatable bonds is 0. The number of aryl methyl sites for hydroxylation is 2. The van der Waals surface area contributed by atoms with Gasteiger partial charge in [0.15, 0.2) is 0 Å². The van der Waals surface area contributed by atoms with Crippen molar-refractivity contribution in [2.24, 2.45) is 0 Å². The third-order valence-corrected chi connectivity index (χ3v) is 5.97. The molecular formula is C14H10ClIS. The number of hydrogen-bond donors (Lipinski definition) is 0. The molecule has 86 valence electrons. The molecule has 3 aromatic rings. The molecule has 0 radical (unpaired) electrons. The molecular weight excluding hydrogens is 363 g/mol. The van der Waals surface area contributed by atoms with Gasteiger partial charge in [-0.25, -0.2) is 0 Å². The van der Waals surface area contributed by atoms with Crippen molar-refractivity contribution in [3.8, 4) is 0 Å². The van der Waals surface area contributed by atoms with Crippen LogP contribution in [-0.4, -0.2) is 0 Å². The maximum Gasteiger partial charge on any atom is 0.0449 e. The van der Waals surface area contributed by atoms with Crippen LogP contribution in [0.25, 0.3) is 20.2 Å². The largest absolute Gasteiger partial charge is 0.135 e. The monoisotopic (exact) mass is 372 g/mol. The maximum absolute atomic E-state index is 6.19. The van der Waals surface area contributed by atoms with Crippen molar-refractivity contribution >= 4 is 65.7 Å². The Morgan fingerprint density at radius 3 is 2.65 bits per heavy atom. The van der Waals surface area contributed by atoms with Crippen LogP contribution in [0.2, 0.25) is 5.02 Å². The van der Waals surface area contributed by atoms with E-state index >= 15 is 0 Å². The first-order chi connectivity index (χ1) is 8.08. The van der Waals surface area contributed by atoms with Crippen molar-refractivity contribution in [2.75, 3.05) is 0 Å². The van der Waals surface area contributed by atoms with Crippen LogP contribution < -0.4 is 0 Å². The summed E-state index contributed by atoms with van der Waals surface area (Å²) >= 11 is 10.4. The highest BCUT2D eigenvalue weighted by molar-refractivity contribution is 14.1. The van der Waals surface area contributed by atoms with E-state index in [4.69, 9.17) is 11.6 Å². The molecule has 0 atom stereocenters. The van der Waals surface area contributed by atoms with E-state index < -0.39 is 0 Å². The number of hydrogen-bond acceptors (Lipinski definition) is 1. The topological polar surface area (TPSA) is 0 Å². The van der Waals surface area contributed by atoms with Crippen molar-refractivity contribution < 1.29 is 0 Å². The Balaban J connectivity index is 2.54. The lowest BCUT2D eigenvalue weighted by molar-refractivity contribution is 1.50. The van der Waals surface area contributed by atoms with Gasteiger partial charge in [-0.15, -0.1) is 11.3 Å². The fourth-order valence-electron chi connectivity index (χ4n) is 2.08. The Morgan fingerprint density at radius 2 is 1.88 bits per heavy atom. The van der Waals surface area contributed by atoms with Gasteiger partial charge in [0.2, 0.25) is 0 Å². The van der Waals surface area contributed by atoms with Gasteiger partial charge in [0.25, 0.3) is 0 Å². The zero-order chi connectivity index (χ0) is 12.2. The molecule has 0 spiro atoms. The molecule has 0 saturated heterocycles. The first kappa shape index (κ1) is 11.8. The second kappa shape index (κ2) is 4.11. The van der Waals surface area contributed by atoms with Gasteiger partial charge < -0.3 is 0 Å². The molecule has 0 nitrogen and oxygen atoms in total. The van der Waals surface area contributed by atoms with Crippen molar-refractivity contribution in [3.05, 3.63) is 44.0 Å². The second-order valence-electron chi connectivity index (χ2n) is 4.25. The maximum atomic E-state index is 6.19. The van der Waals surface area contributed by atoms with Crippen LogP contribution in [0.15, 0.2) is 24.3 Å². The van der Waals surface area contributed by atoms with Gasteiger partial charge in [-0.3, -0.25) is 0 Å². The second-order valence-corrected chi connectivity index (χ2v) is 6.87. The minimum absolute atomic E-state index is 0.858. The van der Waals surface area contributed by atoms with E-state index in [0.717, 1.165) is 10.6 Å². The van der Waals surface area contributed by atoms with Gasteiger partial charge in [0.1, 0.15) is 0 Å². The Kier molecular flexibility index (Phi) is 2.84. The van der Waals surface area contributed by atoms with Gasteiger partial charge in [-0.1, -0.05) is 17.7 Å². The smallest absolute Gasteiger partial charge is 0.0449 e.